The number of rotatable bonds is 3. The van der Waals surface area contributed by atoms with Crippen molar-refractivity contribution in [3.8, 4) is 45.3 Å². The van der Waals surface area contributed by atoms with Gasteiger partial charge in [-0.15, -0.1) is 0 Å². The Kier molecular flexibility index (Phi) is 5.93. The van der Waals surface area contributed by atoms with Crippen LogP contribution in [0.3, 0.4) is 0 Å². The first-order chi connectivity index (χ1) is 20.0. The van der Waals surface area contributed by atoms with Gasteiger partial charge < -0.3 is 20.4 Å². The second kappa shape index (κ2) is 9.42. The molecule has 2 aliphatic carbocycles. The van der Waals surface area contributed by atoms with E-state index in [1.165, 1.54) is 13.8 Å². The van der Waals surface area contributed by atoms with Crippen LogP contribution in [0.15, 0.2) is 95.1 Å². The predicted octanol–water partition coefficient (Wildman–Crippen LogP) is 5.93. The molecule has 0 heterocycles. The van der Waals surface area contributed by atoms with E-state index >= 15 is 0 Å². The summed E-state index contributed by atoms with van der Waals surface area (Å²) in [6, 6.07) is 18.5. The number of allylic oxidation sites excluding steroid dienone is 4. The molecule has 6 rings (SSSR count). The summed E-state index contributed by atoms with van der Waals surface area (Å²) in [5.41, 5.74) is -0.907. The maximum atomic E-state index is 14.0. The van der Waals surface area contributed by atoms with Crippen molar-refractivity contribution >= 4 is 23.1 Å². The molecule has 8 heteroatoms. The lowest BCUT2D eigenvalue weighted by molar-refractivity contribution is 0.0952. The standard InChI is InChI=1S/C34H22O8/c1-15-23(31(39)19-13-21(35)33(41)25(27(19)29(15)37)17-9-5-3-6-10-17)24-16(2)30(38)28-20(32(24)40)14-22(36)34(42)26(28)18-11-7-4-8-12-18/h3-14,35-36,41-42H,1-2H3. The van der Waals surface area contributed by atoms with Crippen LogP contribution >= 0.6 is 0 Å². The predicted molar refractivity (Wildman–Crippen MR) is 153 cm³/mol. The largest absolute Gasteiger partial charge is 0.504 e. The van der Waals surface area contributed by atoms with Gasteiger partial charge in [0.2, 0.25) is 0 Å². The van der Waals surface area contributed by atoms with E-state index in [1.807, 2.05) is 0 Å². The maximum Gasteiger partial charge on any atom is 0.195 e. The van der Waals surface area contributed by atoms with Crippen molar-refractivity contribution in [2.45, 2.75) is 13.8 Å². The lowest BCUT2D eigenvalue weighted by Crippen LogP contribution is -2.30. The molecule has 0 aromatic heterocycles. The Morgan fingerprint density at radius 1 is 0.452 bits per heavy atom. The van der Waals surface area contributed by atoms with Gasteiger partial charge in [-0.25, -0.2) is 0 Å². The van der Waals surface area contributed by atoms with E-state index in [9.17, 15) is 39.6 Å². The highest BCUT2D eigenvalue weighted by Gasteiger charge is 2.42. The third-order valence-electron chi connectivity index (χ3n) is 7.76. The summed E-state index contributed by atoms with van der Waals surface area (Å²) >= 11 is 0. The Morgan fingerprint density at radius 2 is 0.786 bits per heavy atom. The zero-order chi connectivity index (χ0) is 30.0. The first-order valence-electron chi connectivity index (χ1n) is 12.9. The van der Waals surface area contributed by atoms with Gasteiger partial charge in [-0.1, -0.05) is 60.7 Å². The second-order valence-corrected chi connectivity index (χ2v) is 10.1. The molecule has 0 aliphatic heterocycles. The van der Waals surface area contributed by atoms with E-state index in [4.69, 9.17) is 0 Å². The van der Waals surface area contributed by atoms with Gasteiger partial charge in [0.1, 0.15) is 0 Å². The van der Waals surface area contributed by atoms with Crippen LogP contribution < -0.4 is 0 Å². The van der Waals surface area contributed by atoms with E-state index in [2.05, 4.69) is 0 Å². The number of hydrogen-bond donors (Lipinski definition) is 4. The van der Waals surface area contributed by atoms with Crippen molar-refractivity contribution < 1.29 is 39.6 Å². The fourth-order valence-corrected chi connectivity index (χ4v) is 5.73. The van der Waals surface area contributed by atoms with Gasteiger partial charge in [0.15, 0.2) is 46.1 Å². The van der Waals surface area contributed by atoms with Crippen LogP contribution in [-0.2, 0) is 0 Å². The third-order valence-corrected chi connectivity index (χ3v) is 7.76. The molecule has 4 aromatic rings. The number of Topliss-reactive ketones (excluding diaryl/α,β-unsaturated/α-hetero) is 4. The number of carbonyl (C=O) groups is 4. The van der Waals surface area contributed by atoms with Gasteiger partial charge in [-0.3, -0.25) is 19.2 Å². The minimum Gasteiger partial charge on any atom is -0.504 e. The van der Waals surface area contributed by atoms with E-state index in [0.717, 1.165) is 12.1 Å². The van der Waals surface area contributed by atoms with Gasteiger partial charge in [0.05, 0.1) is 0 Å². The van der Waals surface area contributed by atoms with Crippen molar-refractivity contribution in [2.24, 2.45) is 0 Å². The van der Waals surface area contributed by atoms with Gasteiger partial charge in [0.25, 0.3) is 0 Å². The SMILES string of the molecule is CC1=C(C2=C(C)C(=O)c3c(cc(O)c(O)c3-c3ccccc3)C2=O)C(=O)c2cc(O)c(O)c(-c3ccccc3)c2C1=O. The number of carbonyl (C=O) groups excluding carboxylic acids is 4. The number of benzene rings is 4. The van der Waals surface area contributed by atoms with Crippen molar-refractivity contribution in [1.29, 1.82) is 0 Å². The third kappa shape index (κ3) is 3.62. The Morgan fingerprint density at radius 3 is 1.12 bits per heavy atom. The highest BCUT2D eigenvalue weighted by Crippen LogP contribution is 2.48. The summed E-state index contributed by atoms with van der Waals surface area (Å²) in [5, 5.41) is 42.5. The first-order valence-corrected chi connectivity index (χ1v) is 12.9. The van der Waals surface area contributed by atoms with Gasteiger partial charge in [-0.05, 0) is 37.1 Å². The molecule has 4 N–H and O–H groups in total. The molecule has 0 amide bonds. The van der Waals surface area contributed by atoms with Crippen LogP contribution in [0.4, 0.5) is 0 Å². The molecule has 0 bridgehead atoms. The van der Waals surface area contributed by atoms with Crippen LogP contribution in [0.2, 0.25) is 0 Å². The summed E-state index contributed by atoms with van der Waals surface area (Å²) in [5.74, 6) is -5.34. The van der Waals surface area contributed by atoms with E-state index < -0.39 is 46.1 Å². The molecule has 0 saturated heterocycles. The van der Waals surface area contributed by atoms with Crippen LogP contribution in [0.25, 0.3) is 22.3 Å². The van der Waals surface area contributed by atoms with Crippen molar-refractivity contribution in [2.75, 3.05) is 0 Å². The Hall–Kier alpha value is -5.76. The Bertz CT molecular complexity index is 1830. The van der Waals surface area contributed by atoms with E-state index in [0.29, 0.717) is 11.1 Å². The van der Waals surface area contributed by atoms with Gasteiger partial charge in [0, 0.05) is 55.7 Å². The zero-order valence-corrected chi connectivity index (χ0v) is 22.4. The van der Waals surface area contributed by atoms with Crippen molar-refractivity contribution in [3.05, 3.63) is 117 Å². The van der Waals surface area contributed by atoms with Crippen molar-refractivity contribution in [1.82, 2.24) is 0 Å². The number of phenolic OH excluding ortho intramolecular Hbond substituents is 4. The fraction of sp³-hybridized carbons (Fsp3) is 0.0588. The quantitative estimate of drug-likeness (QED) is 0.226. The highest BCUT2D eigenvalue weighted by atomic mass is 16.3. The molecule has 0 radical (unpaired) electrons. The zero-order valence-electron chi connectivity index (χ0n) is 22.4. The van der Waals surface area contributed by atoms with Gasteiger partial charge in [-0.2, -0.15) is 0 Å². The lowest BCUT2D eigenvalue weighted by atomic mass is 9.72. The number of aromatic hydroxyl groups is 4. The average molecular weight is 559 g/mol. The maximum absolute atomic E-state index is 14.0. The number of hydrogen-bond acceptors (Lipinski definition) is 8. The monoisotopic (exact) mass is 558 g/mol. The van der Waals surface area contributed by atoms with Crippen LogP contribution in [0.5, 0.6) is 23.0 Å². The summed E-state index contributed by atoms with van der Waals surface area (Å²) < 4.78 is 0. The first kappa shape index (κ1) is 26.5. The summed E-state index contributed by atoms with van der Waals surface area (Å²) in [4.78, 5) is 55.8. The molecule has 0 unspecified atom stereocenters. The topological polar surface area (TPSA) is 149 Å². The molecule has 4 aromatic carbocycles. The Balaban J connectivity index is 1.59. The molecule has 0 atom stereocenters. The smallest absolute Gasteiger partial charge is 0.195 e. The molecule has 0 saturated carbocycles. The van der Waals surface area contributed by atoms with Crippen LogP contribution in [-0.4, -0.2) is 43.6 Å². The lowest BCUT2D eigenvalue weighted by Gasteiger charge is -2.27. The average Bonchev–Trinajstić information content (AvgIpc) is 2.99. The van der Waals surface area contributed by atoms with E-state index in [-0.39, 0.29) is 55.7 Å². The van der Waals surface area contributed by atoms with Crippen LogP contribution in [0, 0.1) is 0 Å². The molecule has 8 nitrogen and oxygen atoms in total. The molecular weight excluding hydrogens is 536 g/mol. The fourth-order valence-electron chi connectivity index (χ4n) is 5.73. The number of phenols is 4. The second-order valence-electron chi connectivity index (χ2n) is 10.1. The Labute approximate surface area is 239 Å². The summed E-state index contributed by atoms with van der Waals surface area (Å²) in [6.07, 6.45) is 0. The van der Waals surface area contributed by atoms with Crippen molar-refractivity contribution in [3.63, 3.8) is 0 Å². The number of fused-ring (bicyclic) bond motifs is 2. The number of ketones is 4. The summed E-state index contributed by atoms with van der Waals surface area (Å²) in [7, 11) is 0. The van der Waals surface area contributed by atoms with E-state index in [1.54, 1.807) is 60.7 Å². The molecular formula is C34H22O8. The molecule has 42 heavy (non-hydrogen) atoms. The molecule has 2 aliphatic rings. The highest BCUT2D eigenvalue weighted by molar-refractivity contribution is 6.38. The minimum absolute atomic E-state index is 0.0302. The van der Waals surface area contributed by atoms with Gasteiger partial charge >= 0.3 is 0 Å². The summed E-state index contributed by atoms with van der Waals surface area (Å²) in [6.45, 7) is 2.71. The molecule has 206 valence electrons. The normalized spacial score (nSPS) is 14.8. The minimum atomic E-state index is -0.792. The van der Waals surface area contributed by atoms with Crippen LogP contribution in [0.1, 0.15) is 55.3 Å². The molecule has 0 spiro atoms. The molecule has 0 fully saturated rings.